The summed E-state index contributed by atoms with van der Waals surface area (Å²) in [6.45, 7) is -0.433. The molecule has 0 saturated carbocycles. The maximum Gasteiger partial charge on any atom is 0.240 e. The van der Waals surface area contributed by atoms with E-state index < -0.39 is 6.67 Å². The summed E-state index contributed by atoms with van der Waals surface area (Å²) in [7, 11) is 1.50. The number of nitrogens with zero attached hydrogens (tertiary/aromatic N) is 2. The third kappa shape index (κ3) is 2.26. The lowest BCUT2D eigenvalue weighted by Gasteiger charge is -2.05. The molecule has 17 heavy (non-hydrogen) atoms. The molecule has 2 aromatic rings. The van der Waals surface area contributed by atoms with E-state index in [0.29, 0.717) is 28.6 Å². The maximum atomic E-state index is 12.8. The fourth-order valence-electron chi connectivity index (χ4n) is 1.48. The second-order valence-electron chi connectivity index (χ2n) is 3.38. The predicted molar refractivity (Wildman–Crippen MR) is 59.0 cm³/mol. The summed E-state index contributed by atoms with van der Waals surface area (Å²) >= 11 is 0. The Morgan fingerprint density at radius 2 is 2.29 bits per heavy atom. The standard InChI is InChI=1S/C11H12FN3O2/c1-16-9-3-2-7(4-8(9)5-12)11-14-10(6-13)17-15-11/h2-4H,5-6,13H2,1H3. The van der Waals surface area contributed by atoms with E-state index in [9.17, 15) is 4.39 Å². The van der Waals surface area contributed by atoms with Crippen molar-refractivity contribution in [3.8, 4) is 17.1 Å². The van der Waals surface area contributed by atoms with Gasteiger partial charge in [0.1, 0.15) is 12.4 Å². The number of aromatic nitrogens is 2. The Bertz CT molecular complexity index is 513. The summed E-state index contributed by atoms with van der Waals surface area (Å²) in [6, 6.07) is 5.04. The van der Waals surface area contributed by atoms with E-state index in [1.807, 2.05) is 0 Å². The molecule has 2 N–H and O–H groups in total. The number of methoxy groups -OCH3 is 1. The van der Waals surface area contributed by atoms with Crippen LogP contribution in [0.1, 0.15) is 11.5 Å². The molecule has 0 amide bonds. The van der Waals surface area contributed by atoms with Crippen molar-refractivity contribution in [2.75, 3.05) is 7.11 Å². The van der Waals surface area contributed by atoms with Crippen LogP contribution in [0.15, 0.2) is 22.7 Å². The molecule has 2 rings (SSSR count). The Morgan fingerprint density at radius 1 is 1.47 bits per heavy atom. The van der Waals surface area contributed by atoms with Crippen molar-refractivity contribution in [3.05, 3.63) is 29.7 Å². The minimum absolute atomic E-state index is 0.180. The van der Waals surface area contributed by atoms with Crippen LogP contribution in [-0.4, -0.2) is 17.3 Å². The average Bonchev–Trinajstić information content (AvgIpc) is 2.86. The van der Waals surface area contributed by atoms with Gasteiger partial charge in [0, 0.05) is 11.1 Å². The summed E-state index contributed by atoms with van der Waals surface area (Å²) < 4.78 is 22.7. The van der Waals surface area contributed by atoms with E-state index in [2.05, 4.69) is 10.1 Å². The van der Waals surface area contributed by atoms with Gasteiger partial charge in [-0.15, -0.1) is 0 Å². The van der Waals surface area contributed by atoms with E-state index in [1.165, 1.54) is 7.11 Å². The molecule has 0 aliphatic rings. The molecule has 0 unspecified atom stereocenters. The van der Waals surface area contributed by atoms with Gasteiger partial charge >= 0.3 is 0 Å². The van der Waals surface area contributed by atoms with Crippen LogP contribution in [0, 0.1) is 0 Å². The normalized spacial score (nSPS) is 10.5. The SMILES string of the molecule is COc1ccc(-c2noc(CN)n2)cc1CF. The van der Waals surface area contributed by atoms with Gasteiger partial charge in [0.25, 0.3) is 0 Å². The predicted octanol–water partition coefficient (Wildman–Crippen LogP) is 1.67. The molecule has 1 aromatic carbocycles. The lowest BCUT2D eigenvalue weighted by atomic mass is 10.1. The number of hydrogen-bond donors (Lipinski definition) is 1. The van der Waals surface area contributed by atoms with Crippen LogP contribution >= 0.6 is 0 Å². The molecule has 0 fully saturated rings. The number of rotatable bonds is 4. The Hall–Kier alpha value is -1.95. The van der Waals surface area contributed by atoms with Crippen LogP contribution < -0.4 is 10.5 Å². The highest BCUT2D eigenvalue weighted by atomic mass is 19.1. The molecule has 0 radical (unpaired) electrons. The van der Waals surface area contributed by atoms with E-state index in [0.717, 1.165) is 0 Å². The van der Waals surface area contributed by atoms with Gasteiger partial charge in [0.15, 0.2) is 0 Å². The molecule has 0 bridgehead atoms. The molecule has 90 valence electrons. The largest absolute Gasteiger partial charge is 0.496 e. The summed E-state index contributed by atoms with van der Waals surface area (Å²) in [6.07, 6.45) is 0. The zero-order valence-electron chi connectivity index (χ0n) is 9.31. The highest BCUT2D eigenvalue weighted by Gasteiger charge is 2.10. The zero-order chi connectivity index (χ0) is 12.3. The smallest absolute Gasteiger partial charge is 0.240 e. The number of ether oxygens (including phenoxy) is 1. The molecule has 0 aliphatic heterocycles. The highest BCUT2D eigenvalue weighted by Crippen LogP contribution is 2.25. The molecule has 5 nitrogen and oxygen atoms in total. The van der Waals surface area contributed by atoms with Crippen LogP contribution in [0.4, 0.5) is 4.39 Å². The van der Waals surface area contributed by atoms with Crippen LogP contribution in [0.3, 0.4) is 0 Å². The second-order valence-corrected chi connectivity index (χ2v) is 3.38. The molecule has 0 aliphatic carbocycles. The van der Waals surface area contributed by atoms with E-state index in [4.69, 9.17) is 15.0 Å². The first kappa shape index (κ1) is 11.5. The molecule has 0 atom stereocenters. The maximum absolute atomic E-state index is 12.8. The topological polar surface area (TPSA) is 74.2 Å². The van der Waals surface area contributed by atoms with Crippen molar-refractivity contribution >= 4 is 0 Å². The highest BCUT2D eigenvalue weighted by molar-refractivity contribution is 5.58. The molecule has 0 spiro atoms. The Kier molecular flexibility index (Phi) is 3.34. The van der Waals surface area contributed by atoms with Crippen molar-refractivity contribution in [2.45, 2.75) is 13.2 Å². The monoisotopic (exact) mass is 237 g/mol. The number of nitrogens with two attached hydrogens (primary N) is 1. The van der Waals surface area contributed by atoms with Crippen LogP contribution in [0.2, 0.25) is 0 Å². The lowest BCUT2D eigenvalue weighted by Crippen LogP contribution is -1.96. The minimum Gasteiger partial charge on any atom is -0.496 e. The summed E-state index contributed by atoms with van der Waals surface area (Å²) in [4.78, 5) is 4.06. The molecule has 1 aromatic heterocycles. The Morgan fingerprint density at radius 3 is 2.88 bits per heavy atom. The fourth-order valence-corrected chi connectivity index (χ4v) is 1.48. The number of hydrogen-bond acceptors (Lipinski definition) is 5. The third-order valence-electron chi connectivity index (χ3n) is 2.33. The van der Waals surface area contributed by atoms with Crippen LogP contribution in [0.25, 0.3) is 11.4 Å². The first-order valence-electron chi connectivity index (χ1n) is 5.04. The molecular formula is C11H12FN3O2. The van der Waals surface area contributed by atoms with Gasteiger partial charge in [0.2, 0.25) is 11.7 Å². The van der Waals surface area contributed by atoms with Crippen LogP contribution in [-0.2, 0) is 13.2 Å². The molecule has 6 heteroatoms. The van der Waals surface area contributed by atoms with Gasteiger partial charge in [-0.05, 0) is 18.2 Å². The average molecular weight is 237 g/mol. The first-order valence-corrected chi connectivity index (χ1v) is 5.04. The summed E-state index contributed by atoms with van der Waals surface area (Å²) in [5.74, 6) is 1.24. The molecule has 0 saturated heterocycles. The van der Waals surface area contributed by atoms with Crippen molar-refractivity contribution in [1.29, 1.82) is 0 Å². The molecule has 1 heterocycles. The van der Waals surface area contributed by atoms with Gasteiger partial charge < -0.3 is 15.0 Å². The lowest BCUT2D eigenvalue weighted by molar-refractivity contribution is 0.380. The first-order chi connectivity index (χ1) is 8.28. The summed E-state index contributed by atoms with van der Waals surface area (Å²) in [5, 5.41) is 3.76. The van der Waals surface area contributed by atoms with Crippen LogP contribution in [0.5, 0.6) is 5.75 Å². The van der Waals surface area contributed by atoms with E-state index in [1.54, 1.807) is 18.2 Å². The van der Waals surface area contributed by atoms with Crippen molar-refractivity contribution in [3.63, 3.8) is 0 Å². The number of benzene rings is 1. The van der Waals surface area contributed by atoms with Gasteiger partial charge in [-0.2, -0.15) is 4.98 Å². The number of halogens is 1. The molecular weight excluding hydrogens is 225 g/mol. The van der Waals surface area contributed by atoms with Crippen molar-refractivity contribution in [2.24, 2.45) is 5.73 Å². The quantitative estimate of drug-likeness (QED) is 0.875. The number of alkyl halides is 1. The third-order valence-corrected chi connectivity index (χ3v) is 2.33. The second kappa shape index (κ2) is 4.92. The summed E-state index contributed by atoms with van der Waals surface area (Å²) in [5.41, 5.74) is 6.48. The fraction of sp³-hybridized carbons (Fsp3) is 0.273. The zero-order valence-corrected chi connectivity index (χ0v) is 9.31. The van der Waals surface area contributed by atoms with Gasteiger partial charge in [-0.3, -0.25) is 0 Å². The van der Waals surface area contributed by atoms with Gasteiger partial charge in [-0.1, -0.05) is 5.16 Å². The Labute approximate surface area is 97.4 Å². The van der Waals surface area contributed by atoms with E-state index >= 15 is 0 Å². The van der Waals surface area contributed by atoms with Crippen molar-refractivity contribution in [1.82, 2.24) is 10.1 Å². The Balaban J connectivity index is 2.38. The van der Waals surface area contributed by atoms with Gasteiger partial charge in [0.05, 0.1) is 13.7 Å². The van der Waals surface area contributed by atoms with Crippen molar-refractivity contribution < 1.29 is 13.7 Å². The van der Waals surface area contributed by atoms with Gasteiger partial charge in [-0.25, -0.2) is 4.39 Å². The van der Waals surface area contributed by atoms with E-state index in [-0.39, 0.29) is 6.54 Å². The minimum atomic E-state index is -0.612.